The number of aldehydes is 1. The van der Waals surface area contributed by atoms with Crippen LogP contribution in [0.25, 0.3) is 0 Å². The molecular weight excluding hydrogens is 252 g/mol. The number of piperidine rings is 1. The van der Waals surface area contributed by atoms with Crippen LogP contribution in [0.3, 0.4) is 0 Å². The topological polar surface area (TPSA) is 63.4 Å². The molecule has 1 aromatic carbocycles. The van der Waals surface area contributed by atoms with Gasteiger partial charge in [0.05, 0.1) is 0 Å². The third-order valence-corrected chi connectivity index (χ3v) is 3.49. The normalized spacial score (nSPS) is 19.6. The smallest absolute Gasteiger partial charge is 0.240 e. The minimum absolute atomic E-state index is 0.335. The molecule has 2 rings (SSSR count). The van der Waals surface area contributed by atoms with E-state index in [1.165, 1.54) is 0 Å². The minimum Gasteiger partial charge on any atom is -0.368 e. The van der Waals surface area contributed by atoms with E-state index >= 15 is 0 Å². The molecule has 1 aliphatic rings. The number of carbonyl (C=O) groups is 2. The maximum atomic E-state index is 11.5. The Morgan fingerprint density at radius 1 is 1.44 bits per heavy atom. The van der Waals surface area contributed by atoms with Crippen molar-refractivity contribution in [3.63, 3.8) is 0 Å². The number of nitrogens with two attached hydrogens (primary N) is 1. The van der Waals surface area contributed by atoms with Gasteiger partial charge in [0, 0.05) is 22.8 Å². The predicted octanol–water partition coefficient (Wildman–Crippen LogP) is 2.00. The van der Waals surface area contributed by atoms with Crippen LogP contribution < -0.4 is 10.6 Å². The quantitative estimate of drug-likeness (QED) is 0.851. The Bertz CT molecular complexity index is 476. The van der Waals surface area contributed by atoms with Gasteiger partial charge in [-0.1, -0.05) is 11.6 Å². The number of rotatable bonds is 3. The van der Waals surface area contributed by atoms with Crippen LogP contribution in [0.2, 0.25) is 5.02 Å². The summed E-state index contributed by atoms with van der Waals surface area (Å²) in [6.07, 6.45) is 3.46. The minimum atomic E-state index is -0.346. The first-order chi connectivity index (χ1) is 8.63. The third-order valence-electron chi connectivity index (χ3n) is 3.26. The summed E-state index contributed by atoms with van der Waals surface area (Å²) in [5, 5.41) is 0.508. The molecule has 4 nitrogen and oxygen atoms in total. The molecule has 0 saturated carbocycles. The molecule has 1 fully saturated rings. The second-order valence-corrected chi connectivity index (χ2v) is 4.86. The maximum Gasteiger partial charge on any atom is 0.240 e. The predicted molar refractivity (Wildman–Crippen MR) is 71.0 cm³/mol. The van der Waals surface area contributed by atoms with Crippen LogP contribution in [-0.4, -0.2) is 24.8 Å². The van der Waals surface area contributed by atoms with E-state index < -0.39 is 0 Å². The van der Waals surface area contributed by atoms with E-state index in [2.05, 4.69) is 0 Å². The molecule has 0 aromatic heterocycles. The highest BCUT2D eigenvalue weighted by molar-refractivity contribution is 6.31. The lowest BCUT2D eigenvalue weighted by atomic mass is 9.99. The molecule has 18 heavy (non-hydrogen) atoms. The molecule has 2 N–H and O–H groups in total. The van der Waals surface area contributed by atoms with Crippen LogP contribution in [-0.2, 0) is 4.79 Å². The zero-order valence-corrected chi connectivity index (χ0v) is 10.7. The Labute approximate surface area is 111 Å². The van der Waals surface area contributed by atoms with E-state index in [4.69, 9.17) is 17.3 Å². The van der Waals surface area contributed by atoms with Crippen molar-refractivity contribution in [3.05, 3.63) is 28.8 Å². The number of amides is 1. The number of hydrogen-bond acceptors (Lipinski definition) is 3. The van der Waals surface area contributed by atoms with Crippen LogP contribution >= 0.6 is 11.6 Å². The molecule has 0 bridgehead atoms. The summed E-state index contributed by atoms with van der Waals surface area (Å²) >= 11 is 5.86. The van der Waals surface area contributed by atoms with E-state index in [-0.39, 0.29) is 11.9 Å². The molecule has 1 aromatic rings. The van der Waals surface area contributed by atoms with Crippen LogP contribution in [0.4, 0.5) is 5.69 Å². The standard InChI is InChI=1S/C13H15ClN2O2/c14-10-4-5-11(9(7-10)8-17)16-6-2-1-3-12(16)13(15)18/h4-5,7-8,12H,1-3,6H2,(H2,15,18). The summed E-state index contributed by atoms with van der Waals surface area (Å²) in [7, 11) is 0. The van der Waals surface area contributed by atoms with Crippen molar-refractivity contribution in [1.82, 2.24) is 0 Å². The van der Waals surface area contributed by atoms with Crippen molar-refractivity contribution in [3.8, 4) is 0 Å². The van der Waals surface area contributed by atoms with Gasteiger partial charge in [0.1, 0.15) is 6.04 Å². The third kappa shape index (κ3) is 2.48. The van der Waals surface area contributed by atoms with Crippen LogP contribution in [0.1, 0.15) is 29.6 Å². The van der Waals surface area contributed by atoms with Crippen molar-refractivity contribution >= 4 is 29.5 Å². The monoisotopic (exact) mass is 266 g/mol. The highest BCUT2D eigenvalue weighted by atomic mass is 35.5. The lowest BCUT2D eigenvalue weighted by molar-refractivity contribution is -0.119. The molecule has 1 amide bonds. The Balaban J connectivity index is 2.39. The number of nitrogens with zero attached hydrogens (tertiary/aromatic N) is 1. The molecule has 1 aliphatic heterocycles. The second-order valence-electron chi connectivity index (χ2n) is 4.43. The van der Waals surface area contributed by atoms with Gasteiger partial charge in [-0.3, -0.25) is 9.59 Å². The first-order valence-corrected chi connectivity index (χ1v) is 6.32. The van der Waals surface area contributed by atoms with E-state index in [1.807, 2.05) is 4.90 Å². The zero-order chi connectivity index (χ0) is 13.1. The van der Waals surface area contributed by atoms with Gasteiger partial charge in [-0.2, -0.15) is 0 Å². The van der Waals surface area contributed by atoms with Crippen molar-refractivity contribution < 1.29 is 9.59 Å². The maximum absolute atomic E-state index is 11.5. The summed E-state index contributed by atoms with van der Waals surface area (Å²) in [6, 6.07) is 4.76. The number of carbonyl (C=O) groups excluding carboxylic acids is 2. The molecule has 0 aliphatic carbocycles. The van der Waals surface area contributed by atoms with E-state index in [0.29, 0.717) is 10.6 Å². The number of primary amides is 1. The summed E-state index contributed by atoms with van der Waals surface area (Å²) in [5.74, 6) is -0.346. The zero-order valence-electron chi connectivity index (χ0n) is 9.93. The van der Waals surface area contributed by atoms with Crippen molar-refractivity contribution in [1.29, 1.82) is 0 Å². The molecule has 96 valence electrons. The van der Waals surface area contributed by atoms with Gasteiger partial charge in [0.15, 0.2) is 6.29 Å². The molecule has 1 unspecified atom stereocenters. The number of hydrogen-bond donors (Lipinski definition) is 1. The average Bonchev–Trinajstić information content (AvgIpc) is 2.38. The van der Waals surface area contributed by atoms with Gasteiger partial charge in [-0.05, 0) is 37.5 Å². The van der Waals surface area contributed by atoms with E-state index in [1.54, 1.807) is 18.2 Å². The van der Waals surface area contributed by atoms with Gasteiger partial charge >= 0.3 is 0 Å². The van der Waals surface area contributed by atoms with Crippen LogP contribution in [0.15, 0.2) is 18.2 Å². The molecule has 5 heteroatoms. The van der Waals surface area contributed by atoms with Gasteiger partial charge in [0.2, 0.25) is 5.91 Å². The van der Waals surface area contributed by atoms with Gasteiger partial charge < -0.3 is 10.6 Å². The summed E-state index contributed by atoms with van der Waals surface area (Å²) < 4.78 is 0. The Morgan fingerprint density at radius 3 is 2.89 bits per heavy atom. The van der Waals surface area contributed by atoms with Crippen molar-refractivity contribution in [2.45, 2.75) is 25.3 Å². The summed E-state index contributed by atoms with van der Waals surface area (Å²) in [5.41, 5.74) is 6.65. The number of anilines is 1. The van der Waals surface area contributed by atoms with Gasteiger partial charge in [-0.15, -0.1) is 0 Å². The fourth-order valence-electron chi connectivity index (χ4n) is 2.40. The fourth-order valence-corrected chi connectivity index (χ4v) is 2.58. The molecule has 0 spiro atoms. The SMILES string of the molecule is NC(=O)C1CCCCN1c1ccc(Cl)cc1C=O. The highest BCUT2D eigenvalue weighted by Crippen LogP contribution is 2.29. The van der Waals surface area contributed by atoms with E-state index in [0.717, 1.165) is 37.8 Å². The Morgan fingerprint density at radius 2 is 2.22 bits per heavy atom. The molecular formula is C13H15ClN2O2. The lowest BCUT2D eigenvalue weighted by Crippen LogP contribution is -2.48. The molecule has 1 atom stereocenters. The van der Waals surface area contributed by atoms with E-state index in [9.17, 15) is 9.59 Å². The second kappa shape index (κ2) is 5.40. The summed E-state index contributed by atoms with van der Waals surface area (Å²) in [4.78, 5) is 24.5. The number of benzene rings is 1. The average molecular weight is 267 g/mol. The first kappa shape index (κ1) is 12.9. The first-order valence-electron chi connectivity index (χ1n) is 5.94. The molecule has 1 heterocycles. The van der Waals surface area contributed by atoms with Gasteiger partial charge in [-0.25, -0.2) is 0 Å². The van der Waals surface area contributed by atoms with Crippen molar-refractivity contribution in [2.24, 2.45) is 5.73 Å². The van der Waals surface area contributed by atoms with Crippen LogP contribution in [0, 0.1) is 0 Å². The highest BCUT2D eigenvalue weighted by Gasteiger charge is 2.28. The molecule has 1 saturated heterocycles. The molecule has 0 radical (unpaired) electrons. The fraction of sp³-hybridized carbons (Fsp3) is 0.385. The largest absolute Gasteiger partial charge is 0.368 e. The van der Waals surface area contributed by atoms with Crippen molar-refractivity contribution in [2.75, 3.05) is 11.4 Å². The van der Waals surface area contributed by atoms with Gasteiger partial charge in [0.25, 0.3) is 0 Å². The Hall–Kier alpha value is -1.55. The Kier molecular flexibility index (Phi) is 3.87. The lowest BCUT2D eigenvalue weighted by Gasteiger charge is -2.36. The van der Waals surface area contributed by atoms with Crippen LogP contribution in [0.5, 0.6) is 0 Å². The summed E-state index contributed by atoms with van der Waals surface area (Å²) in [6.45, 7) is 0.732. The number of halogens is 1.